The number of aliphatic hydroxyl groups is 1. The Morgan fingerprint density at radius 3 is 2.57 bits per heavy atom. The first-order chi connectivity index (χ1) is 14.0. The average molecular weight is 430 g/mol. The van der Waals surface area contributed by atoms with Crippen LogP contribution in [0.1, 0.15) is 45.6 Å². The molecule has 0 radical (unpaired) electrons. The van der Waals surface area contributed by atoms with E-state index in [1.165, 1.54) is 23.5 Å². The summed E-state index contributed by atoms with van der Waals surface area (Å²) in [5.41, 5.74) is 0.294. The van der Waals surface area contributed by atoms with E-state index in [1.807, 2.05) is 4.90 Å². The maximum Gasteiger partial charge on any atom is 0.416 e. The standard InChI is InChI=1S/C23H35F3N2O2/c1-17-11-21(14-22(2,3)13-17)30-16-20(29)15-27-7-9-28(10-8-27)19-6-4-5-18(12-19)23(24,25)26/h4-6,12,17,20-21,29H,7-11,13-16H2,1-3H3/p+1/t17-,20+,21+/m0/s1. The molecule has 2 N–H and O–H groups in total. The van der Waals surface area contributed by atoms with E-state index in [0.717, 1.165) is 32.0 Å². The van der Waals surface area contributed by atoms with Gasteiger partial charge in [0.2, 0.25) is 0 Å². The molecule has 2 fully saturated rings. The van der Waals surface area contributed by atoms with Gasteiger partial charge in [-0.05, 0) is 48.8 Å². The van der Waals surface area contributed by atoms with Crippen LogP contribution in [0.25, 0.3) is 0 Å². The zero-order valence-corrected chi connectivity index (χ0v) is 18.3. The van der Waals surface area contributed by atoms with Crippen LogP contribution in [0.15, 0.2) is 24.3 Å². The summed E-state index contributed by atoms with van der Waals surface area (Å²) in [6.45, 7) is 10.7. The van der Waals surface area contributed by atoms with Crippen molar-refractivity contribution in [2.24, 2.45) is 11.3 Å². The first-order valence-corrected chi connectivity index (χ1v) is 11.1. The number of hydrogen-bond donors (Lipinski definition) is 2. The SMILES string of the molecule is C[C@H]1C[C@@H](OC[C@H](O)C[NH+]2CCN(c3cccc(C(F)(F)F)c3)CC2)CC(C)(C)C1. The van der Waals surface area contributed by atoms with Crippen LogP contribution in [-0.4, -0.2) is 56.6 Å². The number of halogens is 3. The second kappa shape index (κ2) is 9.45. The Kier molecular flexibility index (Phi) is 7.36. The smallest absolute Gasteiger partial charge is 0.385 e. The molecule has 1 aromatic rings. The molecule has 170 valence electrons. The number of alkyl halides is 3. The van der Waals surface area contributed by atoms with Gasteiger partial charge < -0.3 is 19.6 Å². The van der Waals surface area contributed by atoms with Crippen LogP contribution in [0.2, 0.25) is 0 Å². The van der Waals surface area contributed by atoms with Crippen LogP contribution in [0.4, 0.5) is 18.9 Å². The number of quaternary nitrogens is 1. The minimum atomic E-state index is -4.32. The van der Waals surface area contributed by atoms with Gasteiger partial charge in [0, 0.05) is 5.69 Å². The molecule has 1 aliphatic heterocycles. The van der Waals surface area contributed by atoms with Crippen molar-refractivity contribution in [3.63, 3.8) is 0 Å². The van der Waals surface area contributed by atoms with Crippen molar-refractivity contribution in [3.05, 3.63) is 29.8 Å². The minimum Gasteiger partial charge on any atom is -0.385 e. The lowest BCUT2D eigenvalue weighted by Gasteiger charge is -2.39. The van der Waals surface area contributed by atoms with Crippen molar-refractivity contribution in [1.29, 1.82) is 0 Å². The zero-order chi connectivity index (χ0) is 21.9. The van der Waals surface area contributed by atoms with Crippen LogP contribution in [0.5, 0.6) is 0 Å². The number of piperazine rings is 1. The van der Waals surface area contributed by atoms with Gasteiger partial charge in [-0.3, -0.25) is 0 Å². The van der Waals surface area contributed by atoms with Crippen molar-refractivity contribution in [1.82, 2.24) is 0 Å². The van der Waals surface area contributed by atoms with E-state index >= 15 is 0 Å². The van der Waals surface area contributed by atoms with E-state index in [4.69, 9.17) is 4.74 Å². The highest BCUT2D eigenvalue weighted by Gasteiger charge is 2.33. The molecule has 3 rings (SSSR count). The molecule has 1 aromatic carbocycles. The molecule has 1 heterocycles. The molecule has 3 atom stereocenters. The summed E-state index contributed by atoms with van der Waals surface area (Å²) < 4.78 is 44.9. The molecule has 0 aromatic heterocycles. The van der Waals surface area contributed by atoms with Crippen molar-refractivity contribution < 1.29 is 27.9 Å². The zero-order valence-electron chi connectivity index (χ0n) is 18.3. The van der Waals surface area contributed by atoms with Crippen LogP contribution < -0.4 is 9.80 Å². The maximum atomic E-state index is 12.9. The molecule has 0 amide bonds. The van der Waals surface area contributed by atoms with Gasteiger partial charge in [-0.25, -0.2) is 0 Å². The number of nitrogens with zero attached hydrogens (tertiary/aromatic N) is 1. The summed E-state index contributed by atoms with van der Waals surface area (Å²) in [5.74, 6) is 0.644. The number of ether oxygens (including phenoxy) is 1. The summed E-state index contributed by atoms with van der Waals surface area (Å²) in [7, 11) is 0. The predicted octanol–water partition coefficient (Wildman–Crippen LogP) is 3.00. The first-order valence-electron chi connectivity index (χ1n) is 11.1. The highest BCUT2D eigenvalue weighted by molar-refractivity contribution is 5.49. The van der Waals surface area contributed by atoms with E-state index < -0.39 is 17.8 Å². The summed E-state index contributed by atoms with van der Waals surface area (Å²) in [6, 6.07) is 5.53. The van der Waals surface area contributed by atoms with E-state index in [0.29, 0.717) is 37.8 Å². The van der Waals surface area contributed by atoms with Gasteiger partial charge >= 0.3 is 6.18 Å². The summed E-state index contributed by atoms with van der Waals surface area (Å²) in [6.07, 6.45) is -1.31. The lowest BCUT2D eigenvalue weighted by Crippen LogP contribution is -3.16. The third kappa shape index (κ3) is 6.59. The molecule has 0 bridgehead atoms. The normalized spacial score (nSPS) is 26.6. The fourth-order valence-electron chi connectivity index (χ4n) is 5.19. The monoisotopic (exact) mass is 429 g/mol. The van der Waals surface area contributed by atoms with Gasteiger partial charge in [-0.1, -0.05) is 26.8 Å². The van der Waals surface area contributed by atoms with Crippen LogP contribution in [-0.2, 0) is 10.9 Å². The highest BCUT2D eigenvalue weighted by Crippen LogP contribution is 2.39. The number of aliphatic hydroxyl groups excluding tert-OH is 1. The van der Waals surface area contributed by atoms with Gasteiger partial charge in [0.05, 0.1) is 44.5 Å². The Hall–Kier alpha value is -1.31. The van der Waals surface area contributed by atoms with Crippen molar-refractivity contribution in [3.8, 4) is 0 Å². The average Bonchev–Trinajstić information content (AvgIpc) is 2.65. The van der Waals surface area contributed by atoms with Crippen molar-refractivity contribution in [2.45, 2.75) is 58.4 Å². The van der Waals surface area contributed by atoms with Crippen molar-refractivity contribution in [2.75, 3.05) is 44.2 Å². The molecule has 4 nitrogen and oxygen atoms in total. The third-order valence-corrected chi connectivity index (χ3v) is 6.40. The second-order valence-electron chi connectivity index (χ2n) is 10.0. The number of nitrogens with one attached hydrogen (secondary N) is 1. The van der Waals surface area contributed by atoms with Crippen molar-refractivity contribution >= 4 is 5.69 Å². The quantitative estimate of drug-likeness (QED) is 0.730. The van der Waals surface area contributed by atoms with Gasteiger partial charge in [-0.2, -0.15) is 13.2 Å². The molecule has 0 unspecified atom stereocenters. The van der Waals surface area contributed by atoms with E-state index in [1.54, 1.807) is 6.07 Å². The van der Waals surface area contributed by atoms with E-state index in [9.17, 15) is 18.3 Å². The lowest BCUT2D eigenvalue weighted by atomic mass is 9.71. The first kappa shape index (κ1) is 23.4. The van der Waals surface area contributed by atoms with E-state index in [-0.39, 0.29) is 11.5 Å². The number of anilines is 1. The Morgan fingerprint density at radius 2 is 1.93 bits per heavy atom. The predicted molar refractivity (Wildman–Crippen MR) is 112 cm³/mol. The number of hydrogen-bond acceptors (Lipinski definition) is 3. The van der Waals surface area contributed by atoms with Crippen LogP contribution in [0, 0.1) is 11.3 Å². The number of rotatable bonds is 6. The molecule has 7 heteroatoms. The molecule has 1 saturated heterocycles. The topological polar surface area (TPSA) is 37.1 Å². The molecule has 30 heavy (non-hydrogen) atoms. The summed E-state index contributed by atoms with van der Waals surface area (Å²) >= 11 is 0. The molecule has 2 aliphatic rings. The van der Waals surface area contributed by atoms with E-state index in [2.05, 4.69) is 20.8 Å². The fraction of sp³-hybridized carbons (Fsp3) is 0.739. The Bertz CT molecular complexity index is 687. The Balaban J connectivity index is 1.42. The highest BCUT2D eigenvalue weighted by atomic mass is 19.4. The molecule has 1 saturated carbocycles. The molecular formula is C23H36F3N2O2+. The molecule has 0 spiro atoms. The fourth-order valence-corrected chi connectivity index (χ4v) is 5.19. The Morgan fingerprint density at radius 1 is 1.23 bits per heavy atom. The van der Waals surface area contributed by atoms with Gasteiger partial charge in [0.1, 0.15) is 12.6 Å². The maximum absolute atomic E-state index is 12.9. The largest absolute Gasteiger partial charge is 0.416 e. The van der Waals surface area contributed by atoms with Crippen LogP contribution in [0.3, 0.4) is 0 Å². The van der Waals surface area contributed by atoms with Crippen LogP contribution >= 0.6 is 0 Å². The molecule has 1 aliphatic carbocycles. The third-order valence-electron chi connectivity index (χ3n) is 6.40. The number of benzene rings is 1. The lowest BCUT2D eigenvalue weighted by molar-refractivity contribution is -0.903. The molecular weight excluding hydrogens is 393 g/mol. The second-order valence-corrected chi connectivity index (χ2v) is 10.0. The minimum absolute atomic E-state index is 0.214. The Labute approximate surface area is 178 Å². The summed E-state index contributed by atoms with van der Waals surface area (Å²) in [5, 5.41) is 10.5. The van der Waals surface area contributed by atoms with Gasteiger partial charge in [0.25, 0.3) is 0 Å². The van der Waals surface area contributed by atoms with Gasteiger partial charge in [-0.15, -0.1) is 0 Å². The van der Waals surface area contributed by atoms with Gasteiger partial charge in [0.15, 0.2) is 0 Å². The summed E-state index contributed by atoms with van der Waals surface area (Å²) in [4.78, 5) is 3.26.